The number of hydrogen-bond donors (Lipinski definition) is 1. The van der Waals surface area contributed by atoms with Gasteiger partial charge in [0.25, 0.3) is 16.8 Å². The molecule has 0 saturated heterocycles. The van der Waals surface area contributed by atoms with Crippen LogP contribution in [0.1, 0.15) is 24.2 Å². The highest BCUT2D eigenvalue weighted by molar-refractivity contribution is 5.97. The molecule has 1 unspecified atom stereocenters. The van der Waals surface area contributed by atoms with Gasteiger partial charge < -0.3 is 15.2 Å². The van der Waals surface area contributed by atoms with Gasteiger partial charge in [0.1, 0.15) is 29.0 Å². The molecular weight excluding hydrogens is 575 g/mol. The van der Waals surface area contributed by atoms with E-state index in [4.69, 9.17) is 15.2 Å². The number of aromatic nitrogens is 4. The van der Waals surface area contributed by atoms with Crippen molar-refractivity contribution in [1.82, 2.24) is 19.1 Å². The van der Waals surface area contributed by atoms with Gasteiger partial charge in [0.05, 0.1) is 39.2 Å². The molecule has 0 saturated carbocycles. The number of rotatable bonds is 7. The van der Waals surface area contributed by atoms with Gasteiger partial charge in [-0.25, -0.2) is 18.5 Å². The zero-order chi connectivity index (χ0) is 31.3. The first kappa shape index (κ1) is 28.1. The minimum absolute atomic E-state index is 0.0438. The van der Waals surface area contributed by atoms with Crippen LogP contribution in [0.3, 0.4) is 0 Å². The van der Waals surface area contributed by atoms with Gasteiger partial charge in [0.2, 0.25) is 5.88 Å². The normalized spacial score (nSPS) is 14.1. The summed E-state index contributed by atoms with van der Waals surface area (Å²) in [5, 5.41) is 15.7. The van der Waals surface area contributed by atoms with Crippen molar-refractivity contribution >= 4 is 28.3 Å². The number of hydrogen-bond acceptors (Lipinski definition) is 9. The number of esters is 1. The van der Waals surface area contributed by atoms with E-state index in [0.717, 1.165) is 21.5 Å². The van der Waals surface area contributed by atoms with Crippen molar-refractivity contribution < 1.29 is 23.6 Å². The number of fused-ring (bicyclic) bond motifs is 2. The van der Waals surface area contributed by atoms with E-state index in [-0.39, 0.29) is 40.1 Å². The van der Waals surface area contributed by atoms with E-state index in [1.807, 2.05) is 0 Å². The van der Waals surface area contributed by atoms with E-state index < -0.39 is 45.4 Å². The van der Waals surface area contributed by atoms with Crippen molar-refractivity contribution in [2.45, 2.75) is 19.9 Å². The number of nitrogens with two attached hydrogens (primary N) is 1. The molecule has 0 fully saturated rings. The van der Waals surface area contributed by atoms with Crippen LogP contribution in [0.4, 0.5) is 10.1 Å². The number of aryl methyl sites for hydroxylation is 1. The highest BCUT2D eigenvalue weighted by atomic mass is 19.1. The summed E-state index contributed by atoms with van der Waals surface area (Å²) < 4.78 is 28.6. The van der Waals surface area contributed by atoms with Gasteiger partial charge >= 0.3 is 5.97 Å². The number of nitro groups is 1. The lowest BCUT2D eigenvalue weighted by atomic mass is 9.99. The maximum atomic E-state index is 14.1. The Kier molecular flexibility index (Phi) is 6.80. The summed E-state index contributed by atoms with van der Waals surface area (Å²) >= 11 is 0. The maximum absolute atomic E-state index is 14.1. The van der Waals surface area contributed by atoms with Crippen LogP contribution in [0.2, 0.25) is 0 Å². The first-order valence-electron chi connectivity index (χ1n) is 13.3. The average Bonchev–Trinajstić information content (AvgIpc) is 3.50. The third-order valence-corrected chi connectivity index (χ3v) is 7.17. The molecular formula is C30H23FN6O7. The van der Waals surface area contributed by atoms with Crippen molar-refractivity contribution in [2.24, 2.45) is 5.73 Å². The van der Waals surface area contributed by atoms with Gasteiger partial charge in [-0.15, -0.1) is 0 Å². The Hall–Kier alpha value is -6.05. The molecule has 3 aromatic carbocycles. The molecule has 0 bridgehead atoms. The molecule has 0 aliphatic carbocycles. The first-order chi connectivity index (χ1) is 21.1. The second kappa shape index (κ2) is 10.7. The largest absolute Gasteiger partial charge is 0.462 e. The lowest BCUT2D eigenvalue weighted by Gasteiger charge is -2.19. The number of ether oxygens (including phenoxy) is 2. The summed E-state index contributed by atoms with van der Waals surface area (Å²) in [5.74, 6) is -1.53. The standard InChI is InChI=1S/C30H23FN6O7/c1-3-43-30(40)24-25(35-27(38)21-14-11-19(37(41)42)15-22(21)28(39)36(35)26(24)32)23-16(2)33-34(18-7-5-4-6-8-18)29(23)44-20-12-9-17(31)10-13-20/h4-15,25H,3,32H2,1-2H3. The predicted molar refractivity (Wildman–Crippen MR) is 156 cm³/mol. The minimum atomic E-state index is -1.37. The number of para-hydroxylation sites is 1. The SMILES string of the molecule is CCOC(=O)C1=C(N)n2c(=O)c3cc([N+](=O)[O-])ccc3c(=O)n2C1c1c(C)nn(-c2ccccc2)c1Oc1ccc(F)cc1. The van der Waals surface area contributed by atoms with Crippen LogP contribution >= 0.6 is 0 Å². The van der Waals surface area contributed by atoms with Gasteiger partial charge in [-0.1, -0.05) is 18.2 Å². The highest BCUT2D eigenvalue weighted by Crippen LogP contribution is 2.42. The molecule has 13 nitrogen and oxygen atoms in total. The van der Waals surface area contributed by atoms with E-state index >= 15 is 0 Å². The van der Waals surface area contributed by atoms with E-state index in [2.05, 4.69) is 5.10 Å². The van der Waals surface area contributed by atoms with Crippen molar-refractivity contribution in [1.29, 1.82) is 0 Å². The van der Waals surface area contributed by atoms with Crippen molar-refractivity contribution in [3.63, 3.8) is 0 Å². The van der Waals surface area contributed by atoms with Crippen molar-refractivity contribution in [2.75, 3.05) is 6.61 Å². The zero-order valence-corrected chi connectivity index (χ0v) is 23.3. The molecule has 1 aliphatic rings. The minimum Gasteiger partial charge on any atom is -0.462 e. The summed E-state index contributed by atoms with van der Waals surface area (Å²) in [6, 6.07) is 15.9. The molecule has 3 heterocycles. The Bertz CT molecular complexity index is 2130. The van der Waals surface area contributed by atoms with Crippen LogP contribution in [0, 0.1) is 22.9 Å². The Morgan fingerprint density at radius 3 is 2.41 bits per heavy atom. The quantitative estimate of drug-likeness (QED) is 0.167. The molecule has 222 valence electrons. The Morgan fingerprint density at radius 1 is 1.05 bits per heavy atom. The van der Waals surface area contributed by atoms with Crippen LogP contribution in [-0.2, 0) is 9.53 Å². The third-order valence-electron chi connectivity index (χ3n) is 7.17. The number of carbonyl (C=O) groups excluding carboxylic acids is 1. The molecule has 2 aromatic heterocycles. The number of nitrogens with zero attached hydrogens (tertiary/aromatic N) is 5. The molecule has 1 aliphatic heterocycles. The van der Waals surface area contributed by atoms with Crippen molar-refractivity contribution in [3.8, 4) is 17.3 Å². The van der Waals surface area contributed by atoms with E-state index in [1.54, 1.807) is 44.2 Å². The van der Waals surface area contributed by atoms with Crippen LogP contribution < -0.4 is 21.6 Å². The molecule has 1 atom stereocenters. The van der Waals surface area contributed by atoms with Gasteiger partial charge in [0, 0.05) is 12.1 Å². The molecule has 2 N–H and O–H groups in total. The van der Waals surface area contributed by atoms with E-state index in [9.17, 15) is 28.9 Å². The molecule has 6 rings (SSSR count). The maximum Gasteiger partial charge on any atom is 0.340 e. The fraction of sp³-hybridized carbons (Fsp3) is 0.133. The topological polar surface area (TPSA) is 167 Å². The second-order valence-corrected chi connectivity index (χ2v) is 9.78. The predicted octanol–water partition coefficient (Wildman–Crippen LogP) is 3.79. The Morgan fingerprint density at radius 2 is 1.75 bits per heavy atom. The second-order valence-electron chi connectivity index (χ2n) is 9.78. The van der Waals surface area contributed by atoms with Crippen LogP contribution in [0.25, 0.3) is 22.3 Å². The molecule has 14 heteroatoms. The fourth-order valence-corrected chi connectivity index (χ4v) is 5.25. The Balaban J connectivity index is 1.69. The fourth-order valence-electron chi connectivity index (χ4n) is 5.25. The zero-order valence-electron chi connectivity index (χ0n) is 23.3. The first-order valence-corrected chi connectivity index (χ1v) is 13.3. The lowest BCUT2D eigenvalue weighted by Crippen LogP contribution is -2.38. The van der Waals surface area contributed by atoms with Gasteiger partial charge in [0.15, 0.2) is 0 Å². The monoisotopic (exact) mass is 598 g/mol. The summed E-state index contributed by atoms with van der Waals surface area (Å²) in [6.45, 7) is 3.17. The third kappa shape index (κ3) is 4.40. The average molecular weight is 599 g/mol. The van der Waals surface area contributed by atoms with Crippen LogP contribution in [0.15, 0.2) is 88.0 Å². The molecule has 0 spiro atoms. The number of carbonyl (C=O) groups is 1. The summed E-state index contributed by atoms with van der Waals surface area (Å²) in [5.41, 5.74) is 5.22. The van der Waals surface area contributed by atoms with Crippen LogP contribution in [-0.4, -0.2) is 36.6 Å². The smallest absolute Gasteiger partial charge is 0.340 e. The van der Waals surface area contributed by atoms with Crippen molar-refractivity contribution in [3.05, 3.63) is 126 Å². The molecule has 0 amide bonds. The van der Waals surface area contributed by atoms with Gasteiger partial charge in [-0.2, -0.15) is 9.78 Å². The van der Waals surface area contributed by atoms with Gasteiger partial charge in [-0.3, -0.25) is 19.7 Å². The number of non-ortho nitro benzene ring substituents is 1. The number of benzene rings is 3. The highest BCUT2D eigenvalue weighted by Gasteiger charge is 2.43. The number of nitro benzene ring substituents is 1. The van der Waals surface area contributed by atoms with E-state index in [0.29, 0.717) is 11.4 Å². The molecule has 44 heavy (non-hydrogen) atoms. The summed E-state index contributed by atoms with van der Waals surface area (Å²) in [4.78, 5) is 52.1. The Labute approximate surface area is 246 Å². The molecule has 0 radical (unpaired) electrons. The van der Waals surface area contributed by atoms with Crippen LogP contribution in [0.5, 0.6) is 11.6 Å². The lowest BCUT2D eigenvalue weighted by molar-refractivity contribution is -0.384. The van der Waals surface area contributed by atoms with Gasteiger partial charge in [-0.05, 0) is 56.3 Å². The number of halogens is 1. The summed E-state index contributed by atoms with van der Waals surface area (Å²) in [7, 11) is 0. The summed E-state index contributed by atoms with van der Waals surface area (Å²) in [6.07, 6.45) is 0. The van der Waals surface area contributed by atoms with E-state index in [1.165, 1.54) is 35.0 Å². The molecule has 5 aromatic rings.